The minimum absolute atomic E-state index is 0.307. The number of rotatable bonds is 4. The lowest BCUT2D eigenvalue weighted by atomic mass is 9.97. The molecule has 0 aliphatic carbocycles. The monoisotopic (exact) mass is 295 g/mol. The zero-order chi connectivity index (χ0) is 15.7. The predicted octanol–water partition coefficient (Wildman–Crippen LogP) is 3.01. The van der Waals surface area contributed by atoms with Gasteiger partial charge in [0.25, 0.3) is 0 Å². The van der Waals surface area contributed by atoms with E-state index in [1.54, 1.807) is 12.1 Å². The number of aryl methyl sites for hydroxylation is 1. The second-order valence-corrected chi connectivity index (χ2v) is 5.25. The molecule has 0 saturated heterocycles. The van der Waals surface area contributed by atoms with Crippen molar-refractivity contribution < 1.29 is 4.39 Å². The first-order valence-corrected chi connectivity index (χ1v) is 6.95. The van der Waals surface area contributed by atoms with E-state index in [1.165, 1.54) is 12.1 Å². The number of hydrogen-bond donors (Lipinski definition) is 1. The summed E-state index contributed by atoms with van der Waals surface area (Å²) >= 11 is 0. The minimum atomic E-state index is -0.502. The smallest absolute Gasteiger partial charge is 0.250 e. The molecule has 1 N–H and O–H groups in total. The van der Waals surface area contributed by atoms with Crippen LogP contribution in [-0.4, -0.2) is 0 Å². The number of hydrogen-bond acceptors (Lipinski definition) is 3. The molecule has 0 spiro atoms. The normalized spacial score (nSPS) is 10.8. The van der Waals surface area contributed by atoms with Crippen molar-refractivity contribution in [1.29, 1.82) is 0 Å². The first kappa shape index (κ1) is 14.2. The lowest BCUT2D eigenvalue weighted by Gasteiger charge is -2.13. The molecule has 0 unspecified atom stereocenters. The molecule has 0 amide bonds. The second-order valence-electron chi connectivity index (χ2n) is 5.25. The zero-order valence-corrected chi connectivity index (χ0v) is 12.0. The molecular weight excluding hydrogens is 281 g/mol. The molecule has 0 heterocycles. The van der Waals surface area contributed by atoms with Gasteiger partial charge in [0.15, 0.2) is 0 Å². The Morgan fingerprint density at radius 3 is 2.18 bits per heavy atom. The van der Waals surface area contributed by atoms with E-state index >= 15 is 0 Å². The molecule has 0 aromatic heterocycles. The van der Waals surface area contributed by atoms with Crippen LogP contribution < -0.4 is 16.2 Å². The maximum atomic E-state index is 12.9. The first-order valence-electron chi connectivity index (χ1n) is 6.95. The lowest BCUT2D eigenvalue weighted by molar-refractivity contribution is 0.627. The van der Waals surface area contributed by atoms with Gasteiger partial charge in [0.05, 0.1) is 11.3 Å². The van der Waals surface area contributed by atoms with Crippen LogP contribution in [0.1, 0.15) is 11.1 Å². The summed E-state index contributed by atoms with van der Waals surface area (Å²) < 4.78 is 12.9. The fourth-order valence-corrected chi connectivity index (χ4v) is 2.35. The van der Waals surface area contributed by atoms with Gasteiger partial charge in [-0.3, -0.25) is 9.59 Å². The largest absolute Gasteiger partial charge is 0.377 e. The van der Waals surface area contributed by atoms with E-state index in [2.05, 4.69) is 5.32 Å². The van der Waals surface area contributed by atoms with Gasteiger partial charge in [0.1, 0.15) is 5.82 Å². The van der Waals surface area contributed by atoms with Gasteiger partial charge in [0.2, 0.25) is 10.9 Å². The van der Waals surface area contributed by atoms with Crippen LogP contribution in [0.5, 0.6) is 0 Å². The van der Waals surface area contributed by atoms with Crippen LogP contribution in [0.4, 0.5) is 10.1 Å². The highest BCUT2D eigenvalue weighted by Crippen LogP contribution is 2.24. The molecule has 3 nitrogen and oxygen atoms in total. The minimum Gasteiger partial charge on any atom is -0.377 e. The topological polar surface area (TPSA) is 46.2 Å². The van der Waals surface area contributed by atoms with Crippen molar-refractivity contribution in [3.63, 3.8) is 0 Å². The second kappa shape index (κ2) is 5.56. The molecule has 0 atom stereocenters. The third-order valence-electron chi connectivity index (χ3n) is 3.63. The lowest BCUT2D eigenvalue weighted by Crippen LogP contribution is -2.36. The van der Waals surface area contributed by atoms with Gasteiger partial charge in [0, 0.05) is 6.54 Å². The Morgan fingerprint density at radius 1 is 0.909 bits per heavy atom. The maximum absolute atomic E-state index is 12.9. The zero-order valence-electron chi connectivity index (χ0n) is 12.0. The number of halogens is 1. The van der Waals surface area contributed by atoms with Crippen molar-refractivity contribution >= 4 is 5.69 Å². The highest BCUT2D eigenvalue weighted by molar-refractivity contribution is 5.81. The Morgan fingerprint density at radius 2 is 1.55 bits per heavy atom. The summed E-state index contributed by atoms with van der Waals surface area (Å²) in [5.41, 5.74) is 2.44. The van der Waals surface area contributed by atoms with Crippen molar-refractivity contribution in [3.05, 3.63) is 85.9 Å². The molecule has 0 saturated carbocycles. The Bertz CT molecular complexity index is 873. The molecule has 0 bridgehead atoms. The summed E-state index contributed by atoms with van der Waals surface area (Å²) in [4.78, 5) is 23.6. The van der Waals surface area contributed by atoms with Crippen molar-refractivity contribution in [2.75, 3.05) is 5.32 Å². The van der Waals surface area contributed by atoms with Gasteiger partial charge in [-0.1, -0.05) is 42.0 Å². The molecule has 3 aromatic rings. The standard InChI is InChI=1S/C18H14FNO2/c1-11-2-6-13(7-3-11)15-16(18(22)17(15)21)20-10-12-4-8-14(19)9-5-12/h2-9,20H,10H2,1H3. The Hall–Kier alpha value is -2.75. The number of benzene rings is 2. The van der Waals surface area contributed by atoms with Gasteiger partial charge in [-0.05, 0) is 30.2 Å². The average molecular weight is 295 g/mol. The van der Waals surface area contributed by atoms with Gasteiger partial charge in [-0.2, -0.15) is 0 Å². The van der Waals surface area contributed by atoms with Crippen molar-refractivity contribution in [2.24, 2.45) is 0 Å². The first-order chi connectivity index (χ1) is 10.6. The van der Waals surface area contributed by atoms with Gasteiger partial charge >= 0.3 is 0 Å². The molecule has 3 rings (SSSR count). The van der Waals surface area contributed by atoms with Crippen LogP contribution in [-0.2, 0) is 6.54 Å². The summed E-state index contributed by atoms with van der Waals surface area (Å²) in [6, 6.07) is 13.5. The maximum Gasteiger partial charge on any atom is 0.250 e. The molecule has 0 aliphatic heterocycles. The number of nitrogens with one attached hydrogen (secondary N) is 1. The van der Waals surface area contributed by atoms with Crippen LogP contribution in [0.15, 0.2) is 58.1 Å². The van der Waals surface area contributed by atoms with Crippen molar-refractivity contribution in [1.82, 2.24) is 0 Å². The van der Waals surface area contributed by atoms with Crippen molar-refractivity contribution in [3.8, 4) is 11.1 Å². The summed E-state index contributed by atoms with van der Waals surface area (Å²) in [7, 11) is 0. The van der Waals surface area contributed by atoms with E-state index in [0.29, 0.717) is 17.8 Å². The highest BCUT2D eigenvalue weighted by Gasteiger charge is 2.21. The van der Waals surface area contributed by atoms with E-state index in [4.69, 9.17) is 0 Å². The Labute approximate surface area is 126 Å². The van der Waals surface area contributed by atoms with Crippen LogP contribution in [0.25, 0.3) is 11.1 Å². The van der Waals surface area contributed by atoms with E-state index in [-0.39, 0.29) is 5.82 Å². The van der Waals surface area contributed by atoms with E-state index < -0.39 is 10.9 Å². The summed E-state index contributed by atoms with van der Waals surface area (Å²) in [5, 5.41) is 2.99. The fourth-order valence-electron chi connectivity index (χ4n) is 2.35. The molecule has 3 aromatic carbocycles. The molecule has 110 valence electrons. The SMILES string of the molecule is Cc1ccc(-c2c(NCc3ccc(F)cc3)c(=O)c2=O)cc1. The van der Waals surface area contributed by atoms with E-state index in [9.17, 15) is 14.0 Å². The van der Waals surface area contributed by atoms with Crippen LogP contribution in [0.3, 0.4) is 0 Å². The van der Waals surface area contributed by atoms with E-state index in [0.717, 1.165) is 16.7 Å². The average Bonchev–Trinajstić information content (AvgIpc) is 2.53. The predicted molar refractivity (Wildman–Crippen MR) is 85.3 cm³/mol. The third kappa shape index (κ3) is 2.55. The molecule has 22 heavy (non-hydrogen) atoms. The Kier molecular flexibility index (Phi) is 3.59. The molecule has 0 fully saturated rings. The Balaban J connectivity index is 1.84. The summed E-state index contributed by atoms with van der Waals surface area (Å²) in [6.45, 7) is 2.32. The van der Waals surface area contributed by atoms with Crippen LogP contribution >= 0.6 is 0 Å². The molecule has 4 heteroatoms. The number of anilines is 1. The van der Waals surface area contributed by atoms with Crippen molar-refractivity contribution in [2.45, 2.75) is 13.5 Å². The van der Waals surface area contributed by atoms with E-state index in [1.807, 2.05) is 31.2 Å². The highest BCUT2D eigenvalue weighted by atomic mass is 19.1. The molecule has 0 radical (unpaired) electrons. The third-order valence-corrected chi connectivity index (χ3v) is 3.63. The fraction of sp³-hybridized carbons (Fsp3) is 0.111. The summed E-state index contributed by atoms with van der Waals surface area (Å²) in [6.07, 6.45) is 0. The van der Waals surface area contributed by atoms with Gasteiger partial charge in [-0.15, -0.1) is 0 Å². The van der Waals surface area contributed by atoms with Crippen LogP contribution in [0.2, 0.25) is 0 Å². The molecular formula is C18H14FNO2. The van der Waals surface area contributed by atoms with Gasteiger partial charge < -0.3 is 5.32 Å². The van der Waals surface area contributed by atoms with Crippen LogP contribution in [0, 0.1) is 12.7 Å². The summed E-state index contributed by atoms with van der Waals surface area (Å²) in [5.74, 6) is -0.307. The van der Waals surface area contributed by atoms with Gasteiger partial charge in [-0.25, -0.2) is 4.39 Å². The molecule has 0 aliphatic rings. The quantitative estimate of drug-likeness (QED) is 0.753.